The van der Waals surface area contributed by atoms with Gasteiger partial charge >= 0.3 is 0 Å². The van der Waals surface area contributed by atoms with Gasteiger partial charge in [-0.3, -0.25) is 0 Å². The van der Waals surface area contributed by atoms with E-state index in [2.05, 4.69) is 36.7 Å². The van der Waals surface area contributed by atoms with E-state index in [4.69, 9.17) is 0 Å². The molecule has 2 heteroatoms. The predicted octanol–water partition coefficient (Wildman–Crippen LogP) is 3.56. The summed E-state index contributed by atoms with van der Waals surface area (Å²) in [5, 5.41) is 5.89. The van der Waals surface area contributed by atoms with Crippen LogP contribution in [0.4, 0.5) is 0 Å². The van der Waals surface area contributed by atoms with E-state index in [-0.39, 0.29) is 5.41 Å². The fourth-order valence-corrected chi connectivity index (χ4v) is 3.13. The van der Waals surface area contributed by atoms with E-state index in [0.717, 1.165) is 12.6 Å². The Morgan fingerprint density at radius 2 is 2.13 bits per heavy atom. The second kappa shape index (κ2) is 4.67. The van der Waals surface area contributed by atoms with Gasteiger partial charge in [-0.15, -0.1) is 11.3 Å². The zero-order valence-corrected chi connectivity index (χ0v) is 10.6. The minimum atomic E-state index is 0.288. The average Bonchev–Trinajstić information content (AvgIpc) is 2.88. The molecular weight excluding hydrogens is 202 g/mol. The molecule has 0 radical (unpaired) electrons. The summed E-state index contributed by atoms with van der Waals surface area (Å²) in [6.07, 6.45) is 5.58. The molecule has 0 aliphatic heterocycles. The molecule has 0 saturated heterocycles. The van der Waals surface area contributed by atoms with E-state index in [9.17, 15) is 0 Å². The molecular formula is C13H21NS. The molecule has 2 rings (SSSR count). The molecule has 1 aromatic heterocycles. The highest BCUT2D eigenvalue weighted by molar-refractivity contribution is 7.10. The number of rotatable bonds is 4. The lowest BCUT2D eigenvalue weighted by Crippen LogP contribution is -2.37. The van der Waals surface area contributed by atoms with Crippen molar-refractivity contribution in [1.82, 2.24) is 5.32 Å². The fraction of sp³-hybridized carbons (Fsp3) is 0.692. The molecule has 1 N–H and O–H groups in total. The van der Waals surface area contributed by atoms with Crippen molar-refractivity contribution < 1.29 is 0 Å². The lowest BCUT2D eigenvalue weighted by atomic mass is 9.91. The van der Waals surface area contributed by atoms with E-state index in [0.29, 0.717) is 0 Å². The van der Waals surface area contributed by atoms with Crippen LogP contribution in [0.15, 0.2) is 17.5 Å². The molecule has 15 heavy (non-hydrogen) atoms. The number of hydrogen-bond donors (Lipinski definition) is 1. The van der Waals surface area contributed by atoms with E-state index < -0.39 is 0 Å². The third kappa shape index (κ3) is 2.82. The molecule has 1 saturated carbocycles. The van der Waals surface area contributed by atoms with Gasteiger partial charge in [-0.25, -0.2) is 0 Å². The van der Waals surface area contributed by atoms with Gasteiger partial charge in [0.2, 0.25) is 0 Å². The second-order valence-corrected chi connectivity index (χ2v) is 6.17. The Kier molecular flexibility index (Phi) is 3.47. The maximum atomic E-state index is 3.72. The topological polar surface area (TPSA) is 12.0 Å². The van der Waals surface area contributed by atoms with Crippen molar-refractivity contribution >= 4 is 11.3 Å². The van der Waals surface area contributed by atoms with Crippen molar-refractivity contribution in [2.75, 3.05) is 6.54 Å². The summed E-state index contributed by atoms with van der Waals surface area (Å²) in [7, 11) is 0. The standard InChI is InChI=1S/C13H21NS/c1-13(2,12-8-5-9-15-12)10-14-11-6-3-4-7-11/h5,8-9,11,14H,3-4,6-7,10H2,1-2H3. The Hall–Kier alpha value is -0.340. The van der Waals surface area contributed by atoms with Crippen LogP contribution in [-0.2, 0) is 5.41 Å². The van der Waals surface area contributed by atoms with Gasteiger partial charge in [0.15, 0.2) is 0 Å². The molecule has 1 aliphatic carbocycles. The van der Waals surface area contributed by atoms with Crippen LogP contribution in [-0.4, -0.2) is 12.6 Å². The third-order valence-electron chi connectivity index (χ3n) is 3.38. The SMILES string of the molecule is CC(C)(CNC1CCCC1)c1cccs1. The molecule has 1 fully saturated rings. The Labute approximate surface area is 96.9 Å². The molecule has 1 aliphatic rings. The molecule has 1 nitrogen and oxygen atoms in total. The normalized spacial score (nSPS) is 18.5. The van der Waals surface area contributed by atoms with Crippen LogP contribution in [0.3, 0.4) is 0 Å². The van der Waals surface area contributed by atoms with Crippen molar-refractivity contribution in [2.45, 2.75) is 51.0 Å². The first-order chi connectivity index (χ1) is 7.18. The van der Waals surface area contributed by atoms with Crippen LogP contribution in [0, 0.1) is 0 Å². The highest BCUT2D eigenvalue weighted by Gasteiger charge is 2.23. The van der Waals surface area contributed by atoms with Gasteiger partial charge in [-0.1, -0.05) is 32.8 Å². The zero-order valence-electron chi connectivity index (χ0n) is 9.75. The highest BCUT2D eigenvalue weighted by Crippen LogP contribution is 2.27. The van der Waals surface area contributed by atoms with Gasteiger partial charge in [-0.2, -0.15) is 0 Å². The number of hydrogen-bond acceptors (Lipinski definition) is 2. The van der Waals surface area contributed by atoms with E-state index >= 15 is 0 Å². The summed E-state index contributed by atoms with van der Waals surface area (Å²) in [4.78, 5) is 1.49. The smallest absolute Gasteiger partial charge is 0.0115 e. The first-order valence-corrected chi connectivity index (χ1v) is 6.84. The maximum Gasteiger partial charge on any atom is 0.0115 e. The summed E-state index contributed by atoms with van der Waals surface area (Å²) in [6.45, 7) is 5.78. The molecule has 0 bridgehead atoms. The Morgan fingerprint density at radius 1 is 1.40 bits per heavy atom. The van der Waals surface area contributed by atoms with Crippen LogP contribution in [0.5, 0.6) is 0 Å². The lowest BCUT2D eigenvalue weighted by Gasteiger charge is -2.26. The summed E-state index contributed by atoms with van der Waals surface area (Å²) in [5.41, 5.74) is 0.288. The van der Waals surface area contributed by atoms with Crippen LogP contribution < -0.4 is 5.32 Å². The van der Waals surface area contributed by atoms with Crippen molar-refractivity contribution in [3.63, 3.8) is 0 Å². The maximum absolute atomic E-state index is 3.72. The van der Waals surface area contributed by atoms with Gasteiger partial charge in [0.05, 0.1) is 0 Å². The van der Waals surface area contributed by atoms with Crippen LogP contribution >= 0.6 is 11.3 Å². The predicted molar refractivity (Wildman–Crippen MR) is 67.6 cm³/mol. The third-order valence-corrected chi connectivity index (χ3v) is 4.61. The van der Waals surface area contributed by atoms with Gasteiger partial charge in [0, 0.05) is 22.9 Å². The quantitative estimate of drug-likeness (QED) is 0.823. The molecule has 1 heterocycles. The molecule has 84 valence electrons. The Morgan fingerprint density at radius 3 is 2.73 bits per heavy atom. The van der Waals surface area contributed by atoms with Gasteiger partial charge in [-0.05, 0) is 24.3 Å². The number of thiophene rings is 1. The number of nitrogens with one attached hydrogen (secondary N) is 1. The molecule has 1 aromatic rings. The first-order valence-electron chi connectivity index (χ1n) is 5.96. The van der Waals surface area contributed by atoms with Gasteiger partial charge in [0.1, 0.15) is 0 Å². The Balaban J connectivity index is 1.87. The van der Waals surface area contributed by atoms with Crippen molar-refractivity contribution in [3.05, 3.63) is 22.4 Å². The van der Waals surface area contributed by atoms with Gasteiger partial charge < -0.3 is 5.32 Å². The minimum absolute atomic E-state index is 0.288. The first kappa shape index (κ1) is 11.2. The molecule has 0 spiro atoms. The van der Waals surface area contributed by atoms with Gasteiger partial charge in [0.25, 0.3) is 0 Å². The van der Waals surface area contributed by atoms with E-state index in [1.54, 1.807) is 0 Å². The van der Waals surface area contributed by atoms with Crippen molar-refractivity contribution in [1.29, 1.82) is 0 Å². The molecule has 0 amide bonds. The summed E-state index contributed by atoms with van der Waals surface area (Å²) in [5.74, 6) is 0. The zero-order chi connectivity index (χ0) is 10.7. The largest absolute Gasteiger partial charge is 0.313 e. The minimum Gasteiger partial charge on any atom is -0.313 e. The van der Waals surface area contributed by atoms with Crippen LogP contribution in [0.2, 0.25) is 0 Å². The van der Waals surface area contributed by atoms with Crippen molar-refractivity contribution in [3.8, 4) is 0 Å². The second-order valence-electron chi connectivity index (χ2n) is 5.22. The van der Waals surface area contributed by atoms with E-state index in [1.807, 2.05) is 11.3 Å². The van der Waals surface area contributed by atoms with E-state index in [1.165, 1.54) is 30.6 Å². The van der Waals surface area contributed by atoms with Crippen molar-refractivity contribution in [2.24, 2.45) is 0 Å². The van der Waals surface area contributed by atoms with Crippen LogP contribution in [0.1, 0.15) is 44.4 Å². The molecule has 0 unspecified atom stereocenters. The summed E-state index contributed by atoms with van der Waals surface area (Å²) < 4.78 is 0. The summed E-state index contributed by atoms with van der Waals surface area (Å²) >= 11 is 1.87. The van der Waals surface area contributed by atoms with Crippen LogP contribution in [0.25, 0.3) is 0 Å². The highest BCUT2D eigenvalue weighted by atomic mass is 32.1. The monoisotopic (exact) mass is 223 g/mol. The lowest BCUT2D eigenvalue weighted by molar-refractivity contribution is 0.424. The summed E-state index contributed by atoms with van der Waals surface area (Å²) in [6, 6.07) is 5.18. The fourth-order valence-electron chi connectivity index (χ4n) is 2.28. The Bertz CT molecular complexity index is 283. The molecule has 0 atom stereocenters. The molecule has 0 aromatic carbocycles. The average molecular weight is 223 g/mol.